The molecule has 0 saturated carbocycles. The summed E-state index contributed by atoms with van der Waals surface area (Å²) in [5.41, 5.74) is 2.60. The lowest BCUT2D eigenvalue weighted by molar-refractivity contribution is 0.111. The molecule has 0 fully saturated rings. The number of aromatic nitrogens is 2. The van der Waals surface area contributed by atoms with Crippen LogP contribution in [0.2, 0.25) is 0 Å². The molecule has 76 valence electrons. The molecule has 0 aliphatic carbocycles. The second-order valence-corrected chi connectivity index (χ2v) is 4.24. The molecule has 15 heavy (non-hydrogen) atoms. The van der Waals surface area contributed by atoms with Crippen molar-refractivity contribution in [3.8, 4) is 11.4 Å². The fourth-order valence-corrected chi connectivity index (χ4v) is 2.02. The van der Waals surface area contributed by atoms with Gasteiger partial charge in [0.25, 0.3) is 0 Å². The summed E-state index contributed by atoms with van der Waals surface area (Å²) in [6, 6.07) is 5.99. The predicted molar refractivity (Wildman–Crippen MR) is 61.8 cm³/mol. The van der Waals surface area contributed by atoms with Gasteiger partial charge in [-0.25, -0.2) is 4.98 Å². The van der Waals surface area contributed by atoms with Crippen LogP contribution in [0.3, 0.4) is 0 Å². The lowest BCUT2D eigenvalue weighted by Crippen LogP contribution is -1.84. The van der Waals surface area contributed by atoms with Crippen LogP contribution in [0.15, 0.2) is 28.9 Å². The van der Waals surface area contributed by atoms with E-state index in [-0.39, 0.29) is 0 Å². The molecular weight excluding hydrogens is 256 g/mol. The number of carbonyl (C=O) groups excluding carboxylic acids is 1. The number of halogens is 1. The molecule has 0 radical (unpaired) electrons. The van der Waals surface area contributed by atoms with Crippen molar-refractivity contribution in [2.75, 3.05) is 0 Å². The molecule has 0 aliphatic heterocycles. The van der Waals surface area contributed by atoms with Crippen LogP contribution in [-0.2, 0) is 0 Å². The van der Waals surface area contributed by atoms with Crippen molar-refractivity contribution in [3.63, 3.8) is 0 Å². The second kappa shape index (κ2) is 3.98. The molecule has 3 nitrogen and oxygen atoms in total. The van der Waals surface area contributed by atoms with E-state index in [1.807, 2.05) is 25.1 Å². The summed E-state index contributed by atoms with van der Waals surface area (Å²) in [5.74, 6) is 0.710. The Bertz CT molecular complexity index is 485. The van der Waals surface area contributed by atoms with Crippen LogP contribution in [0.25, 0.3) is 11.4 Å². The van der Waals surface area contributed by atoms with E-state index in [0.717, 1.165) is 21.9 Å². The van der Waals surface area contributed by atoms with E-state index in [1.165, 1.54) is 6.20 Å². The Hall–Kier alpha value is -1.42. The number of aryl methyl sites for hydroxylation is 1. The number of imidazole rings is 1. The third-order valence-corrected chi connectivity index (χ3v) is 2.50. The number of benzene rings is 1. The molecule has 0 spiro atoms. The van der Waals surface area contributed by atoms with Gasteiger partial charge in [0.2, 0.25) is 0 Å². The van der Waals surface area contributed by atoms with E-state index in [4.69, 9.17) is 0 Å². The molecule has 0 bridgehead atoms. The van der Waals surface area contributed by atoms with Crippen LogP contribution >= 0.6 is 15.9 Å². The van der Waals surface area contributed by atoms with Crippen LogP contribution in [0, 0.1) is 6.92 Å². The molecule has 0 aliphatic rings. The molecule has 1 heterocycles. The molecular formula is C11H9BrN2O. The number of rotatable bonds is 2. The van der Waals surface area contributed by atoms with Gasteiger partial charge in [0.1, 0.15) is 5.82 Å². The number of nitrogens with zero attached hydrogens (tertiary/aromatic N) is 1. The predicted octanol–water partition coefficient (Wildman–Crippen LogP) is 2.96. The topological polar surface area (TPSA) is 45.8 Å². The number of hydrogen-bond donors (Lipinski definition) is 1. The fraction of sp³-hybridized carbons (Fsp3) is 0.0909. The van der Waals surface area contributed by atoms with Crippen molar-refractivity contribution >= 4 is 22.2 Å². The first-order valence-corrected chi connectivity index (χ1v) is 5.26. The van der Waals surface area contributed by atoms with Crippen molar-refractivity contribution in [3.05, 3.63) is 40.1 Å². The van der Waals surface area contributed by atoms with E-state index in [1.54, 1.807) is 0 Å². The van der Waals surface area contributed by atoms with Crippen molar-refractivity contribution in [1.29, 1.82) is 0 Å². The Morgan fingerprint density at radius 2 is 2.20 bits per heavy atom. The van der Waals surface area contributed by atoms with Gasteiger partial charge >= 0.3 is 0 Å². The molecule has 2 aromatic rings. The minimum atomic E-state index is 0.489. The Kier molecular flexibility index (Phi) is 2.68. The fourth-order valence-electron chi connectivity index (χ4n) is 1.42. The van der Waals surface area contributed by atoms with Gasteiger partial charge < -0.3 is 4.98 Å². The number of hydrogen-bond acceptors (Lipinski definition) is 2. The molecule has 1 aromatic carbocycles. The number of nitrogens with one attached hydrogen (secondary N) is 1. The largest absolute Gasteiger partial charge is 0.336 e. The van der Waals surface area contributed by atoms with Crippen LogP contribution in [0.5, 0.6) is 0 Å². The highest BCUT2D eigenvalue weighted by molar-refractivity contribution is 9.10. The lowest BCUT2D eigenvalue weighted by atomic mass is 10.1. The first kappa shape index (κ1) is 10.1. The zero-order valence-electron chi connectivity index (χ0n) is 8.12. The summed E-state index contributed by atoms with van der Waals surface area (Å²) in [6.45, 7) is 2.01. The van der Waals surface area contributed by atoms with Crippen molar-refractivity contribution < 1.29 is 4.79 Å². The van der Waals surface area contributed by atoms with E-state index in [0.29, 0.717) is 11.5 Å². The molecule has 0 atom stereocenters. The Balaban J connectivity index is 2.48. The number of aldehydes is 1. The Morgan fingerprint density at radius 1 is 1.40 bits per heavy atom. The summed E-state index contributed by atoms with van der Waals surface area (Å²) < 4.78 is 1.00. The van der Waals surface area contributed by atoms with Gasteiger partial charge in [-0.1, -0.05) is 15.9 Å². The van der Waals surface area contributed by atoms with Crippen LogP contribution in [0.1, 0.15) is 16.1 Å². The van der Waals surface area contributed by atoms with Crippen LogP contribution < -0.4 is 0 Å². The lowest BCUT2D eigenvalue weighted by Gasteiger charge is -2.00. The van der Waals surface area contributed by atoms with Gasteiger partial charge in [0, 0.05) is 10.0 Å². The average Bonchev–Trinajstić information content (AvgIpc) is 2.64. The summed E-state index contributed by atoms with van der Waals surface area (Å²) in [5, 5.41) is 0. The van der Waals surface area contributed by atoms with E-state index >= 15 is 0 Å². The summed E-state index contributed by atoms with van der Waals surface area (Å²) in [7, 11) is 0. The normalized spacial score (nSPS) is 10.3. The highest BCUT2D eigenvalue weighted by Crippen LogP contribution is 2.22. The van der Waals surface area contributed by atoms with Gasteiger partial charge in [0.15, 0.2) is 6.29 Å². The molecule has 2 rings (SSSR count). The summed E-state index contributed by atoms with van der Waals surface area (Å²) >= 11 is 3.42. The van der Waals surface area contributed by atoms with Gasteiger partial charge in [0.05, 0.1) is 11.9 Å². The van der Waals surface area contributed by atoms with Gasteiger partial charge in [-0.3, -0.25) is 4.79 Å². The highest BCUT2D eigenvalue weighted by Gasteiger charge is 2.04. The molecule has 0 saturated heterocycles. The minimum Gasteiger partial charge on any atom is -0.336 e. The van der Waals surface area contributed by atoms with E-state index in [2.05, 4.69) is 25.9 Å². The standard InChI is InChI=1S/C11H9BrN2O/c1-7-2-8(4-9(12)3-7)11-13-5-10(6-15)14-11/h2-6H,1H3,(H,13,14). The van der Waals surface area contributed by atoms with Crippen molar-refractivity contribution in [2.45, 2.75) is 6.92 Å². The molecule has 1 N–H and O–H groups in total. The first-order valence-electron chi connectivity index (χ1n) is 4.47. The molecule has 1 aromatic heterocycles. The molecule has 0 amide bonds. The Labute approximate surface area is 95.7 Å². The zero-order valence-corrected chi connectivity index (χ0v) is 9.71. The van der Waals surface area contributed by atoms with E-state index in [9.17, 15) is 4.79 Å². The van der Waals surface area contributed by atoms with Gasteiger partial charge in [-0.15, -0.1) is 0 Å². The second-order valence-electron chi connectivity index (χ2n) is 3.32. The monoisotopic (exact) mass is 264 g/mol. The maximum absolute atomic E-state index is 10.5. The van der Waals surface area contributed by atoms with Crippen LogP contribution in [0.4, 0.5) is 0 Å². The quantitative estimate of drug-likeness (QED) is 0.848. The zero-order chi connectivity index (χ0) is 10.8. The SMILES string of the molecule is Cc1cc(Br)cc(-c2ncc(C=O)[nH]2)c1. The number of carbonyl (C=O) groups is 1. The van der Waals surface area contributed by atoms with Crippen molar-refractivity contribution in [2.24, 2.45) is 0 Å². The first-order chi connectivity index (χ1) is 7.19. The van der Waals surface area contributed by atoms with Crippen LogP contribution in [-0.4, -0.2) is 16.3 Å². The molecule has 0 unspecified atom stereocenters. The summed E-state index contributed by atoms with van der Waals surface area (Å²) in [4.78, 5) is 17.6. The third-order valence-electron chi connectivity index (χ3n) is 2.04. The minimum absolute atomic E-state index is 0.489. The maximum atomic E-state index is 10.5. The highest BCUT2D eigenvalue weighted by atomic mass is 79.9. The van der Waals surface area contributed by atoms with E-state index < -0.39 is 0 Å². The van der Waals surface area contributed by atoms with Gasteiger partial charge in [-0.2, -0.15) is 0 Å². The smallest absolute Gasteiger partial charge is 0.167 e. The summed E-state index contributed by atoms with van der Waals surface area (Å²) in [6.07, 6.45) is 2.28. The maximum Gasteiger partial charge on any atom is 0.167 e. The number of aromatic amines is 1. The average molecular weight is 265 g/mol. The third kappa shape index (κ3) is 2.15. The Morgan fingerprint density at radius 3 is 2.80 bits per heavy atom. The number of H-pyrrole nitrogens is 1. The van der Waals surface area contributed by atoms with Gasteiger partial charge in [-0.05, 0) is 30.7 Å². The van der Waals surface area contributed by atoms with Crippen molar-refractivity contribution in [1.82, 2.24) is 9.97 Å². The molecule has 4 heteroatoms.